The topological polar surface area (TPSA) is 65.6 Å². The highest BCUT2D eigenvalue weighted by atomic mass is 32.1. The van der Waals surface area contributed by atoms with Crippen molar-refractivity contribution >= 4 is 38.7 Å². The van der Waals surface area contributed by atoms with Crippen LogP contribution in [0.4, 0.5) is 28.9 Å². The Labute approximate surface area is 228 Å². The first kappa shape index (κ1) is 28.5. The average molecular weight is 563 g/mol. The van der Waals surface area contributed by atoms with Crippen LogP contribution < -0.4 is 20.7 Å². The van der Waals surface area contributed by atoms with Crippen molar-refractivity contribution in [2.75, 3.05) is 51.5 Å². The van der Waals surface area contributed by atoms with E-state index in [4.69, 9.17) is 4.74 Å². The summed E-state index contributed by atoms with van der Waals surface area (Å²) in [5.74, 6) is 6.00. The van der Waals surface area contributed by atoms with Gasteiger partial charge in [0.15, 0.2) is 0 Å². The number of rotatable bonds is 7. The lowest BCUT2D eigenvalue weighted by Gasteiger charge is -2.33. The molecule has 1 amide bonds. The van der Waals surface area contributed by atoms with E-state index in [1.807, 2.05) is 11.9 Å². The third-order valence-electron chi connectivity index (χ3n) is 6.54. The van der Waals surface area contributed by atoms with E-state index in [9.17, 15) is 22.4 Å². The Hall–Kier alpha value is -3.49. The highest BCUT2D eigenvalue weighted by Gasteiger charge is 2.32. The number of thiophene rings is 1. The first-order valence-corrected chi connectivity index (χ1v) is 13.2. The van der Waals surface area contributed by atoms with E-state index in [1.165, 1.54) is 25.5 Å². The summed E-state index contributed by atoms with van der Waals surface area (Å²) in [7, 11) is 4.87. The van der Waals surface area contributed by atoms with E-state index in [2.05, 4.69) is 27.8 Å². The summed E-state index contributed by atoms with van der Waals surface area (Å²) in [4.78, 5) is 14.1. The minimum absolute atomic E-state index is 0.117. The Balaban J connectivity index is 1.59. The summed E-state index contributed by atoms with van der Waals surface area (Å²) in [6.07, 6.45) is -6.01. The Bertz CT molecular complexity index is 1400. The van der Waals surface area contributed by atoms with Gasteiger partial charge in [-0.3, -0.25) is 4.79 Å². The Morgan fingerprint density at radius 2 is 2.03 bits per heavy atom. The summed E-state index contributed by atoms with van der Waals surface area (Å²) in [5.41, 5.74) is 1.75. The molecular formula is C28H30F4N4O2S. The maximum Gasteiger partial charge on any atom is 0.393 e. The predicted octanol–water partition coefficient (Wildman–Crippen LogP) is 5.29. The molecule has 6 nitrogen and oxygen atoms in total. The number of nitrogens with one attached hydrogen (secondary N) is 3. The largest absolute Gasteiger partial charge is 0.495 e. The lowest BCUT2D eigenvalue weighted by atomic mass is 10.0. The van der Waals surface area contributed by atoms with Crippen molar-refractivity contribution in [2.45, 2.75) is 31.2 Å². The van der Waals surface area contributed by atoms with Gasteiger partial charge >= 0.3 is 6.18 Å². The van der Waals surface area contributed by atoms with Gasteiger partial charge in [-0.15, -0.1) is 11.3 Å². The molecule has 2 aromatic carbocycles. The molecule has 1 aliphatic heterocycles. The molecule has 1 fully saturated rings. The SMILES string of the molecule is CNC(=O)c1ccc(NCC#Cc2sc3c(NC4CCN(C)C[C@@H]4F)cccc3c2CC(F)(F)F)c(OC)c1. The normalized spacial score (nSPS) is 17.8. The van der Waals surface area contributed by atoms with Crippen molar-refractivity contribution in [2.24, 2.45) is 0 Å². The summed E-state index contributed by atoms with van der Waals surface area (Å²) < 4.78 is 61.2. The second-order valence-corrected chi connectivity index (χ2v) is 10.4. The molecular weight excluding hydrogens is 532 g/mol. The first-order chi connectivity index (χ1) is 18.6. The van der Waals surface area contributed by atoms with Gasteiger partial charge in [-0.05, 0) is 48.7 Å². The van der Waals surface area contributed by atoms with Gasteiger partial charge < -0.3 is 25.6 Å². The van der Waals surface area contributed by atoms with Crippen LogP contribution in [0.2, 0.25) is 0 Å². The van der Waals surface area contributed by atoms with Gasteiger partial charge in [0, 0.05) is 25.7 Å². The number of piperidine rings is 1. The third-order valence-corrected chi connectivity index (χ3v) is 7.74. The standard InChI is InChI=1S/C28H30F4N4O2S/c1-33-27(37)17-9-10-22(24(14-17)38-3)34-12-5-8-25-19(15-28(30,31)32)18-6-4-7-23(26(18)39-25)35-21-11-13-36(2)16-20(21)29/h4,6-7,9-10,14,20-21,34-35H,11-13,15-16H2,1-3H3,(H,33,37)/t20-,21?/m0/s1. The van der Waals surface area contributed by atoms with Crippen LogP contribution in [0.5, 0.6) is 5.75 Å². The lowest BCUT2D eigenvalue weighted by molar-refractivity contribution is -0.126. The smallest absolute Gasteiger partial charge is 0.393 e. The fourth-order valence-electron chi connectivity index (χ4n) is 4.57. The van der Waals surface area contributed by atoms with Crippen molar-refractivity contribution in [3.63, 3.8) is 0 Å². The molecule has 3 N–H and O–H groups in total. The molecule has 0 saturated carbocycles. The zero-order valence-electron chi connectivity index (χ0n) is 21.8. The molecule has 4 rings (SSSR count). The second kappa shape index (κ2) is 12.1. The van der Waals surface area contributed by atoms with Crippen molar-refractivity contribution < 1.29 is 27.1 Å². The number of amides is 1. The molecule has 3 aromatic rings. The van der Waals surface area contributed by atoms with Gasteiger partial charge in [0.25, 0.3) is 5.91 Å². The van der Waals surface area contributed by atoms with Crippen LogP contribution in [-0.4, -0.2) is 70.0 Å². The van der Waals surface area contributed by atoms with Gasteiger partial charge in [0.05, 0.1) is 47.1 Å². The van der Waals surface area contributed by atoms with E-state index in [0.717, 1.165) is 6.54 Å². The Morgan fingerprint density at radius 3 is 2.72 bits per heavy atom. The van der Waals surface area contributed by atoms with Crippen LogP contribution in [0.1, 0.15) is 27.2 Å². The highest BCUT2D eigenvalue weighted by Crippen LogP contribution is 2.39. The predicted molar refractivity (Wildman–Crippen MR) is 148 cm³/mol. The number of benzene rings is 2. The van der Waals surface area contributed by atoms with E-state index in [-0.39, 0.29) is 18.0 Å². The van der Waals surface area contributed by atoms with Crippen molar-refractivity contribution in [1.29, 1.82) is 0 Å². The maximum absolute atomic E-state index is 14.7. The summed E-state index contributed by atoms with van der Waals surface area (Å²) in [6, 6.07) is 9.60. The lowest BCUT2D eigenvalue weighted by Crippen LogP contribution is -2.46. The first-order valence-electron chi connectivity index (χ1n) is 12.4. The number of carbonyl (C=O) groups excluding carboxylic acids is 1. The fraction of sp³-hybridized carbons (Fsp3) is 0.393. The summed E-state index contributed by atoms with van der Waals surface area (Å²) in [5, 5.41) is 9.34. The average Bonchev–Trinajstić information content (AvgIpc) is 3.24. The second-order valence-electron chi connectivity index (χ2n) is 9.35. The molecule has 1 unspecified atom stereocenters. The molecule has 0 bridgehead atoms. The number of hydrogen-bond acceptors (Lipinski definition) is 6. The number of hydrogen-bond donors (Lipinski definition) is 3. The van der Waals surface area contributed by atoms with Gasteiger partial charge in [0.2, 0.25) is 0 Å². The van der Waals surface area contributed by atoms with Gasteiger partial charge in [-0.1, -0.05) is 24.0 Å². The number of ether oxygens (including phenoxy) is 1. The van der Waals surface area contributed by atoms with Gasteiger partial charge in [-0.25, -0.2) is 4.39 Å². The Morgan fingerprint density at radius 1 is 1.23 bits per heavy atom. The monoisotopic (exact) mass is 562 g/mol. The van der Waals surface area contributed by atoms with Crippen LogP contribution >= 0.6 is 11.3 Å². The molecule has 0 spiro atoms. The number of likely N-dealkylation sites (tertiary alicyclic amines) is 1. The van der Waals surface area contributed by atoms with Crippen molar-refractivity contribution in [3.05, 3.63) is 52.4 Å². The van der Waals surface area contributed by atoms with E-state index in [0.29, 0.717) is 50.6 Å². The van der Waals surface area contributed by atoms with Gasteiger partial charge in [-0.2, -0.15) is 13.2 Å². The van der Waals surface area contributed by atoms with Crippen LogP contribution in [-0.2, 0) is 6.42 Å². The molecule has 2 atom stereocenters. The number of methoxy groups -OCH3 is 1. The molecule has 2 heterocycles. The number of alkyl halides is 4. The van der Waals surface area contributed by atoms with Crippen LogP contribution in [0.15, 0.2) is 36.4 Å². The van der Waals surface area contributed by atoms with Crippen LogP contribution in [0, 0.1) is 11.8 Å². The zero-order chi connectivity index (χ0) is 28.2. The number of nitrogens with zero attached hydrogens (tertiary/aromatic N) is 1. The van der Waals surface area contributed by atoms with E-state index in [1.54, 1.807) is 36.4 Å². The minimum Gasteiger partial charge on any atom is -0.495 e. The number of fused-ring (bicyclic) bond motifs is 1. The van der Waals surface area contributed by atoms with E-state index < -0.39 is 24.8 Å². The van der Waals surface area contributed by atoms with Crippen LogP contribution in [0.25, 0.3) is 10.1 Å². The van der Waals surface area contributed by atoms with Gasteiger partial charge in [0.1, 0.15) is 11.9 Å². The minimum atomic E-state index is -4.41. The highest BCUT2D eigenvalue weighted by molar-refractivity contribution is 7.20. The fourth-order valence-corrected chi connectivity index (χ4v) is 5.74. The van der Waals surface area contributed by atoms with Crippen LogP contribution in [0.3, 0.4) is 0 Å². The molecule has 1 aromatic heterocycles. The number of halogens is 4. The molecule has 0 aliphatic carbocycles. The molecule has 0 radical (unpaired) electrons. The molecule has 1 saturated heterocycles. The molecule has 39 heavy (non-hydrogen) atoms. The molecule has 1 aliphatic rings. The molecule has 11 heteroatoms. The zero-order valence-corrected chi connectivity index (χ0v) is 22.7. The van der Waals surface area contributed by atoms with Crippen molar-refractivity contribution in [3.8, 4) is 17.6 Å². The summed E-state index contributed by atoms with van der Waals surface area (Å²) >= 11 is 1.18. The number of carbonyl (C=O) groups is 1. The quantitative estimate of drug-likeness (QED) is 0.270. The third kappa shape index (κ3) is 6.94. The maximum atomic E-state index is 14.7. The molecule has 208 valence electrons. The van der Waals surface area contributed by atoms with Crippen molar-refractivity contribution in [1.82, 2.24) is 10.2 Å². The Kier molecular flexibility index (Phi) is 8.87. The van der Waals surface area contributed by atoms with E-state index >= 15 is 0 Å². The summed E-state index contributed by atoms with van der Waals surface area (Å²) in [6.45, 7) is 1.18. The number of anilines is 2.